The molecule has 2 aromatic rings. The van der Waals surface area contributed by atoms with Crippen molar-refractivity contribution in [1.29, 1.82) is 0 Å². The van der Waals surface area contributed by atoms with Gasteiger partial charge >= 0.3 is 0 Å². The molecule has 2 heterocycles. The molecule has 0 aromatic carbocycles. The second-order valence-corrected chi connectivity index (χ2v) is 4.87. The highest BCUT2D eigenvalue weighted by atomic mass is 32.1. The SMILES string of the molecule is COCCNCCc1ncc(-c2cc(OC)cs2)o1. The first-order valence-electron chi connectivity index (χ1n) is 6.10. The van der Waals surface area contributed by atoms with E-state index in [-0.39, 0.29) is 0 Å². The molecule has 0 spiro atoms. The van der Waals surface area contributed by atoms with Crippen molar-refractivity contribution >= 4 is 11.3 Å². The number of hydrogen-bond donors (Lipinski definition) is 1. The summed E-state index contributed by atoms with van der Waals surface area (Å²) < 4.78 is 15.8. The van der Waals surface area contributed by atoms with Crippen LogP contribution < -0.4 is 10.1 Å². The van der Waals surface area contributed by atoms with E-state index < -0.39 is 0 Å². The number of aromatic nitrogens is 1. The van der Waals surface area contributed by atoms with Crippen molar-refractivity contribution in [2.24, 2.45) is 0 Å². The zero-order valence-corrected chi connectivity index (χ0v) is 12.0. The van der Waals surface area contributed by atoms with Gasteiger partial charge in [-0.3, -0.25) is 0 Å². The molecule has 6 heteroatoms. The predicted octanol–water partition coefficient (Wildman–Crippen LogP) is 2.19. The van der Waals surface area contributed by atoms with E-state index in [4.69, 9.17) is 13.9 Å². The van der Waals surface area contributed by atoms with E-state index in [0.29, 0.717) is 6.61 Å². The molecule has 0 amide bonds. The summed E-state index contributed by atoms with van der Waals surface area (Å²) in [4.78, 5) is 5.30. The van der Waals surface area contributed by atoms with Crippen LogP contribution in [0.5, 0.6) is 5.75 Å². The summed E-state index contributed by atoms with van der Waals surface area (Å²) in [6, 6.07) is 1.95. The van der Waals surface area contributed by atoms with Crippen LogP contribution in [0.3, 0.4) is 0 Å². The number of rotatable bonds is 8. The largest absolute Gasteiger partial charge is 0.496 e. The number of oxazole rings is 1. The van der Waals surface area contributed by atoms with Crippen LogP contribution in [0.25, 0.3) is 10.6 Å². The molecule has 0 saturated heterocycles. The van der Waals surface area contributed by atoms with Gasteiger partial charge in [-0.1, -0.05) is 0 Å². The van der Waals surface area contributed by atoms with Gasteiger partial charge in [0.25, 0.3) is 0 Å². The molecule has 0 unspecified atom stereocenters. The average Bonchev–Trinajstić information content (AvgIpc) is 3.07. The Hall–Kier alpha value is -1.37. The van der Waals surface area contributed by atoms with E-state index in [1.54, 1.807) is 31.8 Å². The molecule has 0 bridgehead atoms. The maximum atomic E-state index is 5.71. The van der Waals surface area contributed by atoms with Crippen LogP contribution in [-0.2, 0) is 11.2 Å². The molecule has 1 N–H and O–H groups in total. The summed E-state index contributed by atoms with van der Waals surface area (Å²) >= 11 is 1.58. The summed E-state index contributed by atoms with van der Waals surface area (Å²) in [6.07, 6.45) is 2.53. The van der Waals surface area contributed by atoms with Gasteiger partial charge in [-0.05, 0) is 0 Å². The van der Waals surface area contributed by atoms with Crippen LogP contribution in [-0.4, -0.2) is 38.9 Å². The monoisotopic (exact) mass is 282 g/mol. The molecule has 19 heavy (non-hydrogen) atoms. The van der Waals surface area contributed by atoms with Crippen molar-refractivity contribution in [3.63, 3.8) is 0 Å². The van der Waals surface area contributed by atoms with Crippen LogP contribution in [0, 0.1) is 0 Å². The Kier molecular flexibility index (Phi) is 5.38. The van der Waals surface area contributed by atoms with Crippen molar-refractivity contribution in [1.82, 2.24) is 10.3 Å². The van der Waals surface area contributed by atoms with Gasteiger partial charge < -0.3 is 19.2 Å². The highest BCUT2D eigenvalue weighted by molar-refractivity contribution is 7.13. The van der Waals surface area contributed by atoms with E-state index >= 15 is 0 Å². The Labute approximate surface area is 116 Å². The zero-order valence-electron chi connectivity index (χ0n) is 11.1. The van der Waals surface area contributed by atoms with E-state index in [9.17, 15) is 0 Å². The lowest BCUT2D eigenvalue weighted by atomic mass is 10.4. The Morgan fingerprint density at radius 1 is 1.37 bits per heavy atom. The normalized spacial score (nSPS) is 10.8. The molecule has 0 saturated carbocycles. The van der Waals surface area contributed by atoms with E-state index in [0.717, 1.165) is 41.8 Å². The van der Waals surface area contributed by atoms with E-state index in [1.165, 1.54) is 0 Å². The lowest BCUT2D eigenvalue weighted by molar-refractivity contribution is 0.199. The van der Waals surface area contributed by atoms with Gasteiger partial charge in [0, 0.05) is 38.1 Å². The van der Waals surface area contributed by atoms with Gasteiger partial charge in [-0.2, -0.15) is 0 Å². The number of ether oxygens (including phenoxy) is 2. The first-order valence-corrected chi connectivity index (χ1v) is 6.98. The standard InChI is InChI=1S/C13H18N2O3S/c1-16-6-5-14-4-3-13-15-8-11(18-13)12-7-10(17-2)9-19-12/h7-9,14H,3-6H2,1-2H3. The van der Waals surface area contributed by atoms with E-state index in [1.807, 2.05) is 11.4 Å². The summed E-state index contributed by atoms with van der Waals surface area (Å²) in [7, 11) is 3.35. The predicted molar refractivity (Wildman–Crippen MR) is 74.8 cm³/mol. The lowest BCUT2D eigenvalue weighted by Gasteiger charge is -2.00. The van der Waals surface area contributed by atoms with Gasteiger partial charge in [0.1, 0.15) is 5.75 Å². The fourth-order valence-corrected chi connectivity index (χ4v) is 2.39. The fourth-order valence-electron chi connectivity index (χ4n) is 1.59. The molecule has 2 rings (SSSR count). The summed E-state index contributed by atoms with van der Waals surface area (Å²) in [6.45, 7) is 2.38. The maximum Gasteiger partial charge on any atom is 0.196 e. The first-order chi connectivity index (χ1) is 9.33. The molecule has 0 aliphatic carbocycles. The fraction of sp³-hybridized carbons (Fsp3) is 0.462. The number of nitrogens with one attached hydrogen (secondary N) is 1. The van der Waals surface area contributed by atoms with Crippen LogP contribution in [0.2, 0.25) is 0 Å². The summed E-state index contributed by atoms with van der Waals surface area (Å²) in [5.74, 6) is 2.38. The van der Waals surface area contributed by atoms with Crippen molar-refractivity contribution in [2.45, 2.75) is 6.42 Å². The van der Waals surface area contributed by atoms with Crippen molar-refractivity contribution in [3.05, 3.63) is 23.5 Å². The number of methoxy groups -OCH3 is 2. The second kappa shape index (κ2) is 7.28. The quantitative estimate of drug-likeness (QED) is 0.752. The molecule has 104 valence electrons. The molecular weight excluding hydrogens is 264 g/mol. The van der Waals surface area contributed by atoms with Gasteiger partial charge in [-0.15, -0.1) is 11.3 Å². The van der Waals surface area contributed by atoms with Crippen molar-refractivity contribution in [3.8, 4) is 16.4 Å². The summed E-state index contributed by atoms with van der Waals surface area (Å²) in [5, 5.41) is 5.20. The van der Waals surface area contributed by atoms with Crippen LogP contribution >= 0.6 is 11.3 Å². The maximum absolute atomic E-state index is 5.71. The van der Waals surface area contributed by atoms with Gasteiger partial charge in [0.05, 0.1) is 24.8 Å². The third kappa shape index (κ3) is 4.05. The number of hydrogen-bond acceptors (Lipinski definition) is 6. The molecule has 0 fully saturated rings. The molecule has 0 radical (unpaired) electrons. The highest BCUT2D eigenvalue weighted by Crippen LogP contribution is 2.31. The van der Waals surface area contributed by atoms with Crippen LogP contribution in [0.4, 0.5) is 0 Å². The van der Waals surface area contributed by atoms with E-state index in [2.05, 4.69) is 10.3 Å². The minimum atomic E-state index is 0.714. The Balaban J connectivity index is 1.84. The molecule has 0 aliphatic rings. The number of thiophene rings is 1. The lowest BCUT2D eigenvalue weighted by Crippen LogP contribution is -2.21. The van der Waals surface area contributed by atoms with Crippen molar-refractivity contribution < 1.29 is 13.9 Å². The minimum Gasteiger partial charge on any atom is -0.496 e. The number of nitrogens with zero attached hydrogens (tertiary/aromatic N) is 1. The molecule has 0 atom stereocenters. The molecule has 0 aliphatic heterocycles. The van der Waals surface area contributed by atoms with Crippen molar-refractivity contribution in [2.75, 3.05) is 33.9 Å². The summed E-state index contributed by atoms with van der Waals surface area (Å²) in [5.41, 5.74) is 0. The van der Waals surface area contributed by atoms with Gasteiger partial charge in [0.15, 0.2) is 11.7 Å². The Morgan fingerprint density at radius 2 is 2.26 bits per heavy atom. The molecule has 2 aromatic heterocycles. The Bertz CT molecular complexity index is 496. The first kappa shape index (κ1) is 14.0. The molecular formula is C13H18N2O3S. The third-order valence-corrected chi connectivity index (χ3v) is 3.53. The zero-order chi connectivity index (χ0) is 13.5. The smallest absolute Gasteiger partial charge is 0.196 e. The molecule has 5 nitrogen and oxygen atoms in total. The van der Waals surface area contributed by atoms with Crippen LogP contribution in [0.15, 0.2) is 22.1 Å². The van der Waals surface area contributed by atoms with Gasteiger partial charge in [-0.25, -0.2) is 4.98 Å². The second-order valence-electron chi connectivity index (χ2n) is 3.96. The topological polar surface area (TPSA) is 56.5 Å². The Morgan fingerprint density at radius 3 is 3.00 bits per heavy atom. The minimum absolute atomic E-state index is 0.714. The third-order valence-electron chi connectivity index (χ3n) is 2.61. The highest BCUT2D eigenvalue weighted by Gasteiger charge is 2.09. The van der Waals surface area contributed by atoms with Gasteiger partial charge in [0.2, 0.25) is 0 Å². The van der Waals surface area contributed by atoms with Crippen LogP contribution in [0.1, 0.15) is 5.89 Å². The average molecular weight is 282 g/mol.